The maximum Gasteiger partial charge on any atom is 0.317 e. The van der Waals surface area contributed by atoms with Gasteiger partial charge in [0.15, 0.2) is 0 Å². The van der Waals surface area contributed by atoms with Crippen molar-refractivity contribution in [3.05, 3.63) is 35.9 Å². The Hall–Kier alpha value is -2.12. The molecule has 2 unspecified atom stereocenters. The van der Waals surface area contributed by atoms with Gasteiger partial charge in [-0.25, -0.2) is 4.79 Å². The van der Waals surface area contributed by atoms with Crippen molar-refractivity contribution in [2.45, 2.75) is 25.0 Å². The Kier molecular flexibility index (Phi) is 6.37. The van der Waals surface area contributed by atoms with Crippen LogP contribution in [-0.2, 0) is 9.53 Å². The van der Waals surface area contributed by atoms with Crippen LogP contribution < -0.4 is 5.32 Å². The van der Waals surface area contributed by atoms with Crippen LogP contribution in [0.5, 0.6) is 0 Å². The summed E-state index contributed by atoms with van der Waals surface area (Å²) in [7, 11) is 0. The van der Waals surface area contributed by atoms with Gasteiger partial charge in [0.25, 0.3) is 0 Å². The van der Waals surface area contributed by atoms with Gasteiger partial charge in [0.05, 0.1) is 31.8 Å². The highest BCUT2D eigenvalue weighted by atomic mass is 16.5. The van der Waals surface area contributed by atoms with E-state index in [2.05, 4.69) is 5.32 Å². The molecule has 2 atom stereocenters. The summed E-state index contributed by atoms with van der Waals surface area (Å²) in [4.78, 5) is 24.3. The van der Waals surface area contributed by atoms with Gasteiger partial charge in [0.1, 0.15) is 0 Å². The zero-order valence-corrected chi connectivity index (χ0v) is 12.9. The minimum atomic E-state index is -0.955. The molecule has 23 heavy (non-hydrogen) atoms. The van der Waals surface area contributed by atoms with Crippen LogP contribution in [-0.4, -0.2) is 59.5 Å². The lowest BCUT2D eigenvalue weighted by molar-refractivity contribution is -0.136. The predicted octanol–water partition coefficient (Wildman–Crippen LogP) is 0.995. The number of nitrogens with one attached hydrogen (secondary N) is 1. The molecule has 0 spiro atoms. The number of morpholine rings is 1. The number of benzene rings is 1. The molecule has 2 amide bonds. The van der Waals surface area contributed by atoms with Gasteiger partial charge in [0, 0.05) is 19.5 Å². The third-order valence-corrected chi connectivity index (χ3v) is 3.78. The lowest BCUT2D eigenvalue weighted by atomic mass is 10.0. The van der Waals surface area contributed by atoms with E-state index < -0.39 is 12.1 Å². The lowest BCUT2D eigenvalue weighted by Gasteiger charge is -2.36. The number of urea groups is 1. The number of hydrogen-bond acceptors (Lipinski definition) is 4. The van der Waals surface area contributed by atoms with Crippen LogP contribution in [0.1, 0.15) is 24.5 Å². The zero-order chi connectivity index (χ0) is 16.7. The molecular weight excluding hydrogens is 300 g/mol. The summed E-state index contributed by atoms with van der Waals surface area (Å²) in [6.07, 6.45) is -0.429. The van der Waals surface area contributed by atoms with Crippen LogP contribution in [0.25, 0.3) is 0 Å². The molecule has 1 saturated heterocycles. The highest BCUT2D eigenvalue weighted by molar-refractivity contribution is 5.75. The number of ether oxygens (including phenoxy) is 1. The highest BCUT2D eigenvalue weighted by Gasteiger charge is 2.29. The minimum Gasteiger partial charge on any atom is -0.481 e. The first-order valence-electron chi connectivity index (χ1n) is 7.65. The van der Waals surface area contributed by atoms with Crippen molar-refractivity contribution in [2.24, 2.45) is 0 Å². The number of aliphatic carboxylic acids is 1. The van der Waals surface area contributed by atoms with Gasteiger partial charge in [-0.05, 0) is 5.56 Å². The number of aliphatic hydroxyl groups is 1. The molecule has 1 aromatic rings. The van der Waals surface area contributed by atoms with E-state index >= 15 is 0 Å². The van der Waals surface area contributed by atoms with E-state index in [1.54, 1.807) is 4.90 Å². The van der Waals surface area contributed by atoms with Crippen LogP contribution in [0.15, 0.2) is 30.3 Å². The molecule has 126 valence electrons. The van der Waals surface area contributed by atoms with Crippen molar-refractivity contribution < 1.29 is 24.5 Å². The molecule has 7 heteroatoms. The summed E-state index contributed by atoms with van der Waals surface area (Å²) < 4.78 is 5.42. The molecule has 1 aliphatic rings. The Morgan fingerprint density at radius 3 is 2.78 bits per heavy atom. The topological polar surface area (TPSA) is 99.1 Å². The monoisotopic (exact) mass is 322 g/mol. The summed E-state index contributed by atoms with van der Waals surface area (Å²) in [5.41, 5.74) is 0.796. The Balaban J connectivity index is 1.92. The third kappa shape index (κ3) is 5.22. The summed E-state index contributed by atoms with van der Waals surface area (Å²) in [6, 6.07) is 8.70. The van der Waals surface area contributed by atoms with Crippen LogP contribution in [0, 0.1) is 0 Å². The zero-order valence-electron chi connectivity index (χ0n) is 12.9. The van der Waals surface area contributed by atoms with Crippen molar-refractivity contribution in [3.8, 4) is 0 Å². The maximum atomic E-state index is 12.2. The van der Waals surface area contributed by atoms with Gasteiger partial charge < -0.3 is 25.2 Å². The Morgan fingerprint density at radius 2 is 2.09 bits per heavy atom. The lowest BCUT2D eigenvalue weighted by Crippen LogP contribution is -2.53. The Bertz CT molecular complexity index is 522. The molecule has 1 fully saturated rings. The van der Waals surface area contributed by atoms with Gasteiger partial charge in [-0.1, -0.05) is 30.3 Å². The highest BCUT2D eigenvalue weighted by Crippen LogP contribution is 2.22. The van der Waals surface area contributed by atoms with Crippen molar-refractivity contribution >= 4 is 12.0 Å². The summed E-state index contributed by atoms with van der Waals surface area (Å²) >= 11 is 0. The number of nitrogens with zero attached hydrogens (tertiary/aromatic N) is 1. The average molecular weight is 322 g/mol. The van der Waals surface area contributed by atoms with Gasteiger partial charge >= 0.3 is 12.0 Å². The maximum absolute atomic E-state index is 12.2. The van der Waals surface area contributed by atoms with Crippen LogP contribution in [0.4, 0.5) is 4.79 Å². The number of carboxylic acids is 1. The molecule has 1 aliphatic heterocycles. The second kappa shape index (κ2) is 8.50. The number of hydrogen-bond donors (Lipinski definition) is 3. The van der Waals surface area contributed by atoms with Gasteiger partial charge in [0.2, 0.25) is 0 Å². The molecule has 0 aliphatic carbocycles. The van der Waals surface area contributed by atoms with Crippen molar-refractivity contribution in [1.82, 2.24) is 10.2 Å². The first-order valence-corrected chi connectivity index (χ1v) is 7.65. The van der Waals surface area contributed by atoms with Crippen molar-refractivity contribution in [1.29, 1.82) is 0 Å². The number of carboxylic acid groups (broad SMARTS) is 1. The predicted molar refractivity (Wildman–Crippen MR) is 83.0 cm³/mol. The van der Waals surface area contributed by atoms with E-state index in [1.807, 2.05) is 30.3 Å². The number of amides is 2. The summed E-state index contributed by atoms with van der Waals surface area (Å²) in [5.74, 6) is -0.955. The standard InChI is InChI=1S/C16H22N2O5/c19-14(12-4-2-1-3-5-12)10-13-11-23-9-8-18(13)16(22)17-7-6-15(20)21/h1-5,13-14,19H,6-11H2,(H,17,22)(H,20,21). The van der Waals surface area contributed by atoms with Gasteiger partial charge in [-0.15, -0.1) is 0 Å². The van der Waals surface area contributed by atoms with E-state index in [1.165, 1.54) is 0 Å². The fourth-order valence-corrected chi connectivity index (χ4v) is 2.56. The molecule has 0 radical (unpaired) electrons. The molecule has 0 bridgehead atoms. The Morgan fingerprint density at radius 1 is 1.35 bits per heavy atom. The SMILES string of the molecule is O=C(O)CCNC(=O)N1CCOCC1CC(O)c1ccccc1. The Labute approximate surface area is 134 Å². The van der Waals surface area contributed by atoms with E-state index in [-0.39, 0.29) is 25.0 Å². The van der Waals surface area contributed by atoms with E-state index in [4.69, 9.17) is 9.84 Å². The molecule has 0 aromatic heterocycles. The smallest absolute Gasteiger partial charge is 0.317 e. The van der Waals surface area contributed by atoms with Gasteiger partial charge in [-0.3, -0.25) is 4.79 Å². The fourth-order valence-electron chi connectivity index (χ4n) is 2.56. The average Bonchev–Trinajstić information content (AvgIpc) is 2.55. The third-order valence-electron chi connectivity index (χ3n) is 3.78. The van der Waals surface area contributed by atoms with Crippen LogP contribution in [0.3, 0.4) is 0 Å². The molecule has 1 aromatic carbocycles. The van der Waals surface area contributed by atoms with Gasteiger partial charge in [-0.2, -0.15) is 0 Å². The van der Waals surface area contributed by atoms with Crippen LogP contribution >= 0.6 is 0 Å². The quantitative estimate of drug-likeness (QED) is 0.725. The normalized spacial score (nSPS) is 19.2. The summed E-state index contributed by atoms with van der Waals surface area (Å²) in [5, 5.41) is 21.5. The number of rotatable bonds is 6. The largest absolute Gasteiger partial charge is 0.481 e. The van der Waals surface area contributed by atoms with E-state index in [0.29, 0.717) is 26.2 Å². The first-order chi connectivity index (χ1) is 11.1. The van der Waals surface area contributed by atoms with Crippen molar-refractivity contribution in [3.63, 3.8) is 0 Å². The second-order valence-electron chi connectivity index (χ2n) is 5.46. The molecular formula is C16H22N2O5. The molecule has 1 heterocycles. The molecule has 3 N–H and O–H groups in total. The molecule has 0 saturated carbocycles. The van der Waals surface area contributed by atoms with Crippen molar-refractivity contribution in [2.75, 3.05) is 26.3 Å². The van der Waals surface area contributed by atoms with E-state index in [9.17, 15) is 14.7 Å². The molecule has 2 rings (SSSR count). The fraction of sp³-hybridized carbons (Fsp3) is 0.500. The number of carbonyl (C=O) groups is 2. The number of carbonyl (C=O) groups excluding carboxylic acids is 1. The van der Waals surface area contributed by atoms with E-state index in [0.717, 1.165) is 5.56 Å². The van der Waals surface area contributed by atoms with Crippen LogP contribution in [0.2, 0.25) is 0 Å². The second-order valence-corrected chi connectivity index (χ2v) is 5.46. The minimum absolute atomic E-state index is 0.0828. The number of aliphatic hydroxyl groups excluding tert-OH is 1. The summed E-state index contributed by atoms with van der Waals surface area (Å²) in [6.45, 7) is 1.30. The first kappa shape index (κ1) is 17.2. The molecule has 7 nitrogen and oxygen atoms in total.